The maximum Gasteiger partial charge on any atom is 0.246 e. The van der Waals surface area contributed by atoms with Crippen LogP contribution in [0.3, 0.4) is 0 Å². The minimum Gasteiger partial charge on any atom is -0.494 e. The number of carbonyl (C=O) groups is 1. The number of halogens is 1. The first-order valence-electron chi connectivity index (χ1n) is 9.34. The molecule has 0 saturated heterocycles. The van der Waals surface area contributed by atoms with Crippen LogP contribution in [0.2, 0.25) is 0 Å². The Labute approximate surface area is 179 Å². The Bertz CT molecular complexity index is 1030. The van der Waals surface area contributed by atoms with E-state index in [9.17, 15) is 9.18 Å². The standard InChI is InChI=1S/C23H23FN2O3S/c1-16-25-19(15-30-16)14-29-20-8-4-17(5-9-20)7-11-23(27)26(2)13-18-6-10-22(28-3)21(24)12-18/h4-12,15H,13-14H2,1-3H3/b11-7+. The van der Waals surface area contributed by atoms with Gasteiger partial charge in [0.25, 0.3) is 0 Å². The summed E-state index contributed by atoms with van der Waals surface area (Å²) in [7, 11) is 3.09. The van der Waals surface area contributed by atoms with Gasteiger partial charge >= 0.3 is 0 Å². The second-order valence-electron chi connectivity index (χ2n) is 6.71. The van der Waals surface area contributed by atoms with Crippen LogP contribution >= 0.6 is 11.3 Å². The zero-order chi connectivity index (χ0) is 21.5. The summed E-state index contributed by atoms with van der Waals surface area (Å²) in [6, 6.07) is 12.1. The van der Waals surface area contributed by atoms with E-state index in [1.807, 2.05) is 36.6 Å². The van der Waals surface area contributed by atoms with Crippen molar-refractivity contribution in [1.29, 1.82) is 0 Å². The van der Waals surface area contributed by atoms with Crippen LogP contribution in [0.4, 0.5) is 4.39 Å². The van der Waals surface area contributed by atoms with Gasteiger partial charge in [-0.1, -0.05) is 18.2 Å². The van der Waals surface area contributed by atoms with Crippen molar-refractivity contribution in [2.75, 3.05) is 14.2 Å². The maximum absolute atomic E-state index is 13.8. The number of aromatic nitrogens is 1. The van der Waals surface area contributed by atoms with Crippen LogP contribution in [-0.2, 0) is 17.9 Å². The van der Waals surface area contributed by atoms with Gasteiger partial charge in [-0.05, 0) is 48.4 Å². The molecule has 0 radical (unpaired) electrons. The molecule has 1 aromatic heterocycles. The minimum atomic E-state index is -0.446. The Morgan fingerprint density at radius 3 is 2.63 bits per heavy atom. The van der Waals surface area contributed by atoms with Crippen molar-refractivity contribution in [2.24, 2.45) is 0 Å². The first kappa shape index (κ1) is 21.5. The van der Waals surface area contributed by atoms with E-state index in [1.165, 1.54) is 24.2 Å². The third-order valence-electron chi connectivity index (χ3n) is 4.36. The number of thiazole rings is 1. The second kappa shape index (κ2) is 10.0. The van der Waals surface area contributed by atoms with Gasteiger partial charge in [0.05, 0.1) is 17.8 Å². The average molecular weight is 427 g/mol. The molecule has 0 saturated carbocycles. The number of rotatable bonds is 8. The highest BCUT2D eigenvalue weighted by atomic mass is 32.1. The molecule has 0 N–H and O–H groups in total. The van der Waals surface area contributed by atoms with Crippen molar-refractivity contribution in [3.63, 3.8) is 0 Å². The molecular formula is C23H23FN2O3S. The molecule has 0 aliphatic rings. The van der Waals surface area contributed by atoms with E-state index < -0.39 is 5.82 Å². The summed E-state index contributed by atoms with van der Waals surface area (Å²) in [5.41, 5.74) is 2.48. The van der Waals surface area contributed by atoms with Crippen LogP contribution in [0.1, 0.15) is 21.8 Å². The van der Waals surface area contributed by atoms with Gasteiger partial charge in [-0.15, -0.1) is 11.3 Å². The van der Waals surface area contributed by atoms with E-state index in [-0.39, 0.29) is 11.7 Å². The Kier molecular flexibility index (Phi) is 7.19. The first-order valence-corrected chi connectivity index (χ1v) is 10.2. The lowest BCUT2D eigenvalue weighted by Crippen LogP contribution is -2.24. The fourth-order valence-corrected chi connectivity index (χ4v) is 3.36. The molecule has 7 heteroatoms. The van der Waals surface area contributed by atoms with Crippen LogP contribution in [0.25, 0.3) is 6.08 Å². The number of hydrogen-bond donors (Lipinski definition) is 0. The highest BCUT2D eigenvalue weighted by Gasteiger charge is 2.09. The average Bonchev–Trinajstić information content (AvgIpc) is 3.16. The molecular weight excluding hydrogens is 403 g/mol. The minimum absolute atomic E-state index is 0.176. The van der Waals surface area contributed by atoms with Crippen LogP contribution in [0, 0.1) is 12.7 Å². The number of amides is 1. The van der Waals surface area contributed by atoms with Gasteiger partial charge < -0.3 is 14.4 Å². The molecule has 3 aromatic rings. The molecule has 0 spiro atoms. The lowest BCUT2D eigenvalue weighted by atomic mass is 10.2. The van der Waals surface area contributed by atoms with Gasteiger partial charge in [0.1, 0.15) is 12.4 Å². The molecule has 0 unspecified atom stereocenters. The van der Waals surface area contributed by atoms with Gasteiger partial charge in [0.15, 0.2) is 11.6 Å². The van der Waals surface area contributed by atoms with Crippen LogP contribution in [-0.4, -0.2) is 29.9 Å². The van der Waals surface area contributed by atoms with E-state index in [0.717, 1.165) is 22.0 Å². The molecule has 1 heterocycles. The molecule has 2 aromatic carbocycles. The van der Waals surface area contributed by atoms with E-state index in [0.29, 0.717) is 18.7 Å². The van der Waals surface area contributed by atoms with Crippen molar-refractivity contribution in [2.45, 2.75) is 20.1 Å². The molecule has 1 amide bonds. The molecule has 0 bridgehead atoms. The van der Waals surface area contributed by atoms with Crippen molar-refractivity contribution < 1.29 is 18.7 Å². The molecule has 0 fully saturated rings. The van der Waals surface area contributed by atoms with Gasteiger partial charge in [0.2, 0.25) is 5.91 Å². The number of benzene rings is 2. The quantitative estimate of drug-likeness (QED) is 0.483. The number of nitrogens with zero attached hydrogens (tertiary/aromatic N) is 2. The number of methoxy groups -OCH3 is 1. The Morgan fingerprint density at radius 1 is 1.23 bits per heavy atom. The molecule has 0 aliphatic heterocycles. The summed E-state index contributed by atoms with van der Waals surface area (Å²) in [4.78, 5) is 18.2. The monoisotopic (exact) mass is 426 g/mol. The molecule has 156 valence electrons. The molecule has 3 rings (SSSR count). The number of hydrogen-bond acceptors (Lipinski definition) is 5. The molecule has 0 aliphatic carbocycles. The van der Waals surface area contributed by atoms with Gasteiger partial charge in [-0.2, -0.15) is 0 Å². The van der Waals surface area contributed by atoms with E-state index in [2.05, 4.69) is 4.98 Å². The maximum atomic E-state index is 13.8. The second-order valence-corrected chi connectivity index (χ2v) is 7.77. The Morgan fingerprint density at radius 2 is 2.00 bits per heavy atom. The molecule has 30 heavy (non-hydrogen) atoms. The third-order valence-corrected chi connectivity index (χ3v) is 5.19. The Hall–Kier alpha value is -3.19. The number of ether oxygens (including phenoxy) is 2. The summed E-state index contributed by atoms with van der Waals surface area (Å²) < 4.78 is 24.4. The first-order chi connectivity index (χ1) is 14.4. The number of aryl methyl sites for hydroxylation is 1. The van der Waals surface area contributed by atoms with Crippen molar-refractivity contribution in [1.82, 2.24) is 9.88 Å². The van der Waals surface area contributed by atoms with Gasteiger partial charge in [-0.3, -0.25) is 4.79 Å². The highest BCUT2D eigenvalue weighted by Crippen LogP contribution is 2.19. The molecule has 5 nitrogen and oxygen atoms in total. The van der Waals surface area contributed by atoms with E-state index >= 15 is 0 Å². The van der Waals surface area contributed by atoms with Crippen LogP contribution in [0.5, 0.6) is 11.5 Å². The normalized spacial score (nSPS) is 10.9. The van der Waals surface area contributed by atoms with Crippen molar-refractivity contribution >= 4 is 23.3 Å². The zero-order valence-corrected chi connectivity index (χ0v) is 17.9. The van der Waals surface area contributed by atoms with Crippen LogP contribution < -0.4 is 9.47 Å². The summed E-state index contributed by atoms with van der Waals surface area (Å²) in [6.45, 7) is 2.69. The fourth-order valence-electron chi connectivity index (χ4n) is 2.76. The SMILES string of the molecule is COc1ccc(CN(C)C(=O)/C=C/c2ccc(OCc3csc(C)n3)cc2)cc1F. The Balaban J connectivity index is 1.52. The fraction of sp³-hybridized carbons (Fsp3) is 0.217. The lowest BCUT2D eigenvalue weighted by Gasteiger charge is -2.15. The number of carbonyl (C=O) groups excluding carboxylic acids is 1. The van der Waals surface area contributed by atoms with Gasteiger partial charge in [0, 0.05) is 25.0 Å². The zero-order valence-electron chi connectivity index (χ0n) is 17.1. The molecule has 0 atom stereocenters. The predicted molar refractivity (Wildman–Crippen MR) is 116 cm³/mol. The summed E-state index contributed by atoms with van der Waals surface area (Å²) >= 11 is 1.60. The highest BCUT2D eigenvalue weighted by molar-refractivity contribution is 7.09. The topological polar surface area (TPSA) is 51.7 Å². The van der Waals surface area contributed by atoms with Gasteiger partial charge in [-0.25, -0.2) is 9.37 Å². The van der Waals surface area contributed by atoms with E-state index in [1.54, 1.807) is 36.6 Å². The summed E-state index contributed by atoms with van der Waals surface area (Å²) in [6.07, 6.45) is 3.23. The smallest absolute Gasteiger partial charge is 0.246 e. The van der Waals surface area contributed by atoms with E-state index in [4.69, 9.17) is 9.47 Å². The van der Waals surface area contributed by atoms with Crippen molar-refractivity contribution in [3.8, 4) is 11.5 Å². The largest absolute Gasteiger partial charge is 0.494 e. The summed E-state index contributed by atoms with van der Waals surface area (Å²) in [5, 5.41) is 3.00. The van der Waals surface area contributed by atoms with Crippen LogP contribution in [0.15, 0.2) is 53.9 Å². The summed E-state index contributed by atoms with van der Waals surface area (Å²) in [5.74, 6) is 0.300. The van der Waals surface area contributed by atoms with Crippen molar-refractivity contribution in [3.05, 3.63) is 81.6 Å². The third kappa shape index (κ3) is 5.90. The predicted octanol–water partition coefficient (Wildman–Crippen LogP) is 4.85. The number of likely N-dealkylation sites (N-methyl/N-ethyl adjacent to an activating group) is 1. The lowest BCUT2D eigenvalue weighted by molar-refractivity contribution is -0.125.